The molecule has 4 nitrogen and oxygen atoms in total. The molecule has 0 aliphatic carbocycles. The van der Waals surface area contributed by atoms with E-state index in [0.717, 1.165) is 0 Å². The molecule has 0 saturated carbocycles. The van der Waals surface area contributed by atoms with Gasteiger partial charge in [-0.25, -0.2) is 8.42 Å². The van der Waals surface area contributed by atoms with E-state index < -0.39 is 28.4 Å². The van der Waals surface area contributed by atoms with Crippen molar-refractivity contribution in [3.05, 3.63) is 0 Å². The maximum Gasteiger partial charge on any atom is 0.389 e. The largest absolute Gasteiger partial charge is 0.389 e. The molecule has 0 aromatic carbocycles. The Hall–Kier alpha value is -0.0500. The van der Waals surface area contributed by atoms with Gasteiger partial charge in [0.1, 0.15) is 0 Å². The molecule has 1 aliphatic rings. The van der Waals surface area contributed by atoms with Crippen LogP contribution in [0, 0.1) is 0 Å². The second-order valence-electron chi connectivity index (χ2n) is 3.68. The second kappa shape index (κ2) is 6.77. The molecule has 1 aliphatic heterocycles. The minimum atomic E-state index is -4.28. The molecular formula is C8H16ClF3N2O2S. The molecule has 1 rings (SSSR count). The first-order valence-corrected chi connectivity index (χ1v) is 6.67. The maximum atomic E-state index is 11.9. The van der Waals surface area contributed by atoms with Gasteiger partial charge in [0.05, 0.1) is 5.75 Å². The molecule has 0 aromatic rings. The molecule has 17 heavy (non-hydrogen) atoms. The highest BCUT2D eigenvalue weighted by molar-refractivity contribution is 7.89. The van der Waals surface area contributed by atoms with E-state index in [-0.39, 0.29) is 18.8 Å². The summed E-state index contributed by atoms with van der Waals surface area (Å²) in [4.78, 5) is 0. The second-order valence-corrected chi connectivity index (χ2v) is 5.77. The van der Waals surface area contributed by atoms with Gasteiger partial charge in [0, 0.05) is 32.6 Å². The van der Waals surface area contributed by atoms with E-state index in [1.165, 1.54) is 4.31 Å². The Bertz CT molecular complexity index is 315. The first-order valence-electron chi connectivity index (χ1n) is 5.06. The van der Waals surface area contributed by atoms with Gasteiger partial charge in [-0.15, -0.1) is 12.4 Å². The number of alkyl halides is 3. The first kappa shape index (κ1) is 16.9. The van der Waals surface area contributed by atoms with Crippen LogP contribution in [0.2, 0.25) is 0 Å². The molecule has 104 valence electrons. The Labute approximate surface area is 105 Å². The summed E-state index contributed by atoms with van der Waals surface area (Å²) in [6, 6.07) is 0. The number of piperazine rings is 1. The molecule has 0 bridgehead atoms. The number of halogens is 4. The van der Waals surface area contributed by atoms with Gasteiger partial charge in [-0.3, -0.25) is 0 Å². The lowest BCUT2D eigenvalue weighted by atomic mass is 10.3. The van der Waals surface area contributed by atoms with E-state index in [2.05, 4.69) is 5.32 Å². The van der Waals surface area contributed by atoms with Crippen molar-refractivity contribution in [2.45, 2.75) is 19.0 Å². The van der Waals surface area contributed by atoms with E-state index in [9.17, 15) is 21.6 Å². The number of sulfonamides is 1. The van der Waals surface area contributed by atoms with E-state index in [4.69, 9.17) is 0 Å². The van der Waals surface area contributed by atoms with Gasteiger partial charge in [-0.1, -0.05) is 0 Å². The van der Waals surface area contributed by atoms with Crippen molar-refractivity contribution in [3.63, 3.8) is 0 Å². The van der Waals surface area contributed by atoms with Gasteiger partial charge < -0.3 is 5.32 Å². The third kappa shape index (κ3) is 6.44. The Balaban J connectivity index is 0.00000256. The third-order valence-corrected chi connectivity index (χ3v) is 4.29. The normalized spacial score (nSPS) is 18.8. The van der Waals surface area contributed by atoms with Crippen LogP contribution in [-0.2, 0) is 10.0 Å². The van der Waals surface area contributed by atoms with Crippen molar-refractivity contribution in [1.29, 1.82) is 0 Å². The van der Waals surface area contributed by atoms with Crippen LogP contribution in [0.15, 0.2) is 0 Å². The molecule has 0 unspecified atom stereocenters. The van der Waals surface area contributed by atoms with Gasteiger partial charge in [0.2, 0.25) is 10.0 Å². The van der Waals surface area contributed by atoms with Crippen LogP contribution in [0.4, 0.5) is 13.2 Å². The summed E-state index contributed by atoms with van der Waals surface area (Å²) < 4.78 is 60.0. The van der Waals surface area contributed by atoms with Gasteiger partial charge in [0.15, 0.2) is 0 Å². The average molecular weight is 297 g/mol. The summed E-state index contributed by atoms with van der Waals surface area (Å²) in [6.45, 7) is 1.79. The van der Waals surface area contributed by atoms with E-state index in [0.29, 0.717) is 26.2 Å². The predicted octanol–water partition coefficient (Wildman–Crippen LogP) is 0.986. The summed E-state index contributed by atoms with van der Waals surface area (Å²) in [5.41, 5.74) is 0. The predicted molar refractivity (Wildman–Crippen MR) is 60.8 cm³/mol. The van der Waals surface area contributed by atoms with Crippen LogP contribution >= 0.6 is 12.4 Å². The Morgan fingerprint density at radius 1 is 1.18 bits per heavy atom. The number of nitrogens with one attached hydrogen (secondary N) is 1. The zero-order valence-electron chi connectivity index (χ0n) is 9.16. The van der Waals surface area contributed by atoms with Gasteiger partial charge in [-0.2, -0.15) is 17.5 Å². The standard InChI is InChI=1S/C8H15F3N2O2S.ClH/c9-8(10,11)2-1-7-16(14,15)13-5-3-12-4-6-13;/h12H,1-7H2;1H. The third-order valence-electron chi connectivity index (χ3n) is 2.33. The van der Waals surface area contributed by atoms with Gasteiger partial charge in [-0.05, 0) is 6.42 Å². The lowest BCUT2D eigenvalue weighted by Crippen LogP contribution is -2.47. The molecule has 1 N–H and O–H groups in total. The van der Waals surface area contributed by atoms with Gasteiger partial charge in [0.25, 0.3) is 0 Å². The van der Waals surface area contributed by atoms with Crippen molar-refractivity contribution >= 4 is 22.4 Å². The summed E-state index contributed by atoms with van der Waals surface area (Å²) in [5.74, 6) is -0.424. The highest BCUT2D eigenvalue weighted by Gasteiger charge is 2.29. The van der Waals surface area contributed by atoms with Crippen LogP contribution in [0.25, 0.3) is 0 Å². The van der Waals surface area contributed by atoms with Crippen LogP contribution < -0.4 is 5.32 Å². The van der Waals surface area contributed by atoms with Crippen LogP contribution in [0.3, 0.4) is 0 Å². The molecule has 0 atom stereocenters. The smallest absolute Gasteiger partial charge is 0.314 e. The van der Waals surface area contributed by atoms with Crippen molar-refractivity contribution < 1.29 is 21.6 Å². The quantitative estimate of drug-likeness (QED) is 0.841. The Kier molecular flexibility index (Phi) is 6.75. The number of hydrogen-bond donors (Lipinski definition) is 1. The van der Waals surface area contributed by atoms with Gasteiger partial charge >= 0.3 is 6.18 Å². The van der Waals surface area contributed by atoms with Crippen molar-refractivity contribution in [3.8, 4) is 0 Å². The van der Waals surface area contributed by atoms with E-state index in [1.807, 2.05) is 0 Å². The highest BCUT2D eigenvalue weighted by Crippen LogP contribution is 2.22. The molecule has 9 heteroatoms. The van der Waals surface area contributed by atoms with E-state index >= 15 is 0 Å². The summed E-state index contributed by atoms with van der Waals surface area (Å²) in [5, 5.41) is 2.98. The Morgan fingerprint density at radius 2 is 1.71 bits per heavy atom. The topological polar surface area (TPSA) is 49.4 Å². The van der Waals surface area contributed by atoms with Crippen LogP contribution in [0.5, 0.6) is 0 Å². The summed E-state index contributed by atoms with van der Waals surface area (Å²) in [7, 11) is -3.51. The highest BCUT2D eigenvalue weighted by atomic mass is 35.5. The fraction of sp³-hybridized carbons (Fsp3) is 1.00. The average Bonchev–Trinajstić information content (AvgIpc) is 2.17. The van der Waals surface area contributed by atoms with Crippen molar-refractivity contribution in [2.24, 2.45) is 0 Å². The van der Waals surface area contributed by atoms with Crippen molar-refractivity contribution in [2.75, 3.05) is 31.9 Å². The summed E-state index contributed by atoms with van der Waals surface area (Å²) >= 11 is 0. The zero-order chi connectivity index (χ0) is 12.2. The SMILES string of the molecule is Cl.O=S(=O)(CCCC(F)(F)F)N1CCNCC1. The van der Waals surface area contributed by atoms with E-state index in [1.54, 1.807) is 0 Å². The number of rotatable bonds is 4. The monoisotopic (exact) mass is 296 g/mol. The van der Waals surface area contributed by atoms with Crippen LogP contribution in [0.1, 0.15) is 12.8 Å². The van der Waals surface area contributed by atoms with Crippen molar-refractivity contribution in [1.82, 2.24) is 9.62 Å². The summed E-state index contributed by atoms with van der Waals surface area (Å²) in [6.07, 6.45) is -5.69. The molecule has 1 saturated heterocycles. The molecule has 0 spiro atoms. The molecule has 0 aromatic heterocycles. The molecular weight excluding hydrogens is 281 g/mol. The zero-order valence-corrected chi connectivity index (χ0v) is 10.8. The molecule has 1 fully saturated rings. The first-order chi connectivity index (χ1) is 7.31. The number of hydrogen-bond acceptors (Lipinski definition) is 3. The minimum Gasteiger partial charge on any atom is -0.314 e. The van der Waals surface area contributed by atoms with Crippen LogP contribution in [-0.4, -0.2) is 50.8 Å². The minimum absolute atomic E-state index is 0. The fourth-order valence-electron chi connectivity index (χ4n) is 1.51. The molecule has 0 radical (unpaired) electrons. The molecule has 0 amide bonds. The molecule has 1 heterocycles. The fourth-order valence-corrected chi connectivity index (χ4v) is 3.01. The lowest BCUT2D eigenvalue weighted by Gasteiger charge is -2.26. The maximum absolute atomic E-state index is 11.9. The Morgan fingerprint density at radius 3 is 2.18 bits per heavy atom. The number of nitrogens with zero attached hydrogens (tertiary/aromatic N) is 1. The lowest BCUT2D eigenvalue weighted by molar-refractivity contribution is -0.134.